The second-order valence-electron chi connectivity index (χ2n) is 4.69. The number of nitro groups is 1. The van der Waals surface area contributed by atoms with Crippen molar-refractivity contribution in [2.75, 3.05) is 6.26 Å². The maximum absolute atomic E-state index is 11.0. The number of thioether (sulfide) groups is 1. The minimum Gasteiger partial charge on any atom is -0.309 e. The third kappa shape index (κ3) is 3.41. The normalized spacial score (nSPS) is 22.6. The van der Waals surface area contributed by atoms with Crippen LogP contribution in [0.3, 0.4) is 0 Å². The first-order chi connectivity index (χ1) is 9.13. The van der Waals surface area contributed by atoms with Gasteiger partial charge in [0.05, 0.1) is 15.5 Å². The molecular weight excluding hydrogens is 284 g/mol. The van der Waals surface area contributed by atoms with Gasteiger partial charge in [-0.15, -0.1) is 0 Å². The average Bonchev–Trinajstić information content (AvgIpc) is 2.84. The highest BCUT2D eigenvalue weighted by Gasteiger charge is 2.27. The maximum Gasteiger partial charge on any atom is 0.275 e. The molecule has 1 aromatic rings. The molecule has 0 spiro atoms. The zero-order valence-corrected chi connectivity index (χ0v) is 12.3. The molecule has 0 amide bonds. The molecule has 4 nitrogen and oxygen atoms in total. The summed E-state index contributed by atoms with van der Waals surface area (Å²) in [6.45, 7) is 0.456. The van der Waals surface area contributed by atoms with Crippen LogP contribution in [0.15, 0.2) is 18.2 Å². The van der Waals surface area contributed by atoms with E-state index < -0.39 is 0 Å². The summed E-state index contributed by atoms with van der Waals surface area (Å²) in [4.78, 5) is 10.6. The summed E-state index contributed by atoms with van der Waals surface area (Å²) < 4.78 is 0. The van der Waals surface area contributed by atoms with E-state index in [1.807, 2.05) is 11.8 Å². The van der Waals surface area contributed by atoms with Crippen LogP contribution in [0, 0.1) is 10.1 Å². The van der Waals surface area contributed by atoms with E-state index in [9.17, 15) is 10.1 Å². The third-order valence-corrected chi connectivity index (χ3v) is 5.11. The molecule has 0 radical (unpaired) electrons. The number of nitrogens with zero attached hydrogens (tertiary/aromatic N) is 1. The molecule has 19 heavy (non-hydrogen) atoms. The van der Waals surface area contributed by atoms with Crippen molar-refractivity contribution in [3.8, 4) is 0 Å². The summed E-state index contributed by atoms with van der Waals surface area (Å²) in [5.74, 6) is 0. The van der Waals surface area contributed by atoms with E-state index in [2.05, 4.69) is 11.6 Å². The van der Waals surface area contributed by atoms with E-state index in [1.165, 1.54) is 18.9 Å². The lowest BCUT2D eigenvalue weighted by molar-refractivity contribution is -0.385. The van der Waals surface area contributed by atoms with Gasteiger partial charge in [-0.2, -0.15) is 11.8 Å². The molecule has 0 aliphatic heterocycles. The smallest absolute Gasteiger partial charge is 0.275 e. The topological polar surface area (TPSA) is 55.2 Å². The summed E-state index contributed by atoms with van der Waals surface area (Å²) in [5, 5.41) is 15.5. The quantitative estimate of drug-likeness (QED) is 0.666. The molecule has 6 heteroatoms. The SMILES string of the molecule is CSC1CCCC1NCc1c(Cl)cccc1[N+](=O)[O-]. The van der Waals surface area contributed by atoms with Crippen molar-refractivity contribution in [3.05, 3.63) is 38.9 Å². The van der Waals surface area contributed by atoms with E-state index in [0.717, 1.165) is 6.42 Å². The first-order valence-corrected chi connectivity index (χ1v) is 7.98. The van der Waals surface area contributed by atoms with Gasteiger partial charge in [0.1, 0.15) is 0 Å². The molecule has 2 unspecified atom stereocenters. The second-order valence-corrected chi connectivity index (χ2v) is 6.17. The summed E-state index contributed by atoms with van der Waals surface area (Å²) in [5.41, 5.74) is 0.680. The molecule has 0 bridgehead atoms. The van der Waals surface area contributed by atoms with E-state index in [0.29, 0.717) is 28.4 Å². The minimum absolute atomic E-state index is 0.0960. The number of nitrogens with one attached hydrogen (secondary N) is 1. The fourth-order valence-corrected chi connectivity index (χ4v) is 3.77. The Labute approximate surface area is 122 Å². The van der Waals surface area contributed by atoms with Crippen molar-refractivity contribution in [1.82, 2.24) is 5.32 Å². The molecule has 1 aliphatic rings. The number of nitro benzene ring substituents is 1. The Morgan fingerprint density at radius 1 is 1.53 bits per heavy atom. The predicted octanol–water partition coefficient (Wildman–Crippen LogP) is 3.62. The Kier molecular flexibility index (Phi) is 5.07. The van der Waals surface area contributed by atoms with E-state index >= 15 is 0 Å². The lowest BCUT2D eigenvalue weighted by atomic mass is 10.1. The molecule has 0 heterocycles. The van der Waals surface area contributed by atoms with E-state index in [4.69, 9.17) is 11.6 Å². The highest BCUT2D eigenvalue weighted by Crippen LogP contribution is 2.30. The molecule has 1 fully saturated rings. The van der Waals surface area contributed by atoms with Crippen molar-refractivity contribution in [1.29, 1.82) is 0 Å². The van der Waals surface area contributed by atoms with Crippen molar-refractivity contribution >= 4 is 29.1 Å². The van der Waals surface area contributed by atoms with Crippen LogP contribution in [0.1, 0.15) is 24.8 Å². The number of halogens is 1. The summed E-state index contributed by atoms with van der Waals surface area (Å²) in [6.07, 6.45) is 5.67. The van der Waals surface area contributed by atoms with Gasteiger partial charge in [-0.25, -0.2) is 0 Å². The Morgan fingerprint density at radius 2 is 2.32 bits per heavy atom. The molecule has 0 saturated heterocycles. The highest BCUT2D eigenvalue weighted by molar-refractivity contribution is 7.99. The highest BCUT2D eigenvalue weighted by atomic mass is 35.5. The van der Waals surface area contributed by atoms with Crippen LogP contribution in [0.5, 0.6) is 0 Å². The fourth-order valence-electron chi connectivity index (χ4n) is 2.57. The monoisotopic (exact) mass is 300 g/mol. The fraction of sp³-hybridized carbons (Fsp3) is 0.538. The minimum atomic E-state index is -0.371. The Hall–Kier alpha value is -0.780. The van der Waals surface area contributed by atoms with Gasteiger partial charge in [0.25, 0.3) is 5.69 Å². The number of rotatable bonds is 5. The van der Waals surface area contributed by atoms with Crippen molar-refractivity contribution < 1.29 is 4.92 Å². The van der Waals surface area contributed by atoms with Crippen LogP contribution >= 0.6 is 23.4 Å². The van der Waals surface area contributed by atoms with Crippen molar-refractivity contribution in [2.24, 2.45) is 0 Å². The molecule has 1 aliphatic carbocycles. The first-order valence-electron chi connectivity index (χ1n) is 6.31. The van der Waals surface area contributed by atoms with Crippen molar-refractivity contribution in [2.45, 2.75) is 37.1 Å². The molecule has 104 valence electrons. The standard InChI is InChI=1S/C13H17ClN2O2S/c1-19-13-7-3-5-11(13)15-8-9-10(14)4-2-6-12(9)16(17)18/h2,4,6,11,13,15H,3,5,7-8H2,1H3. The number of benzene rings is 1. The summed E-state index contributed by atoms with van der Waals surface area (Å²) in [6, 6.07) is 5.24. The van der Waals surface area contributed by atoms with E-state index in [-0.39, 0.29) is 10.6 Å². The second kappa shape index (κ2) is 6.59. The first kappa shape index (κ1) is 14.6. The molecule has 1 saturated carbocycles. The number of hydrogen-bond donors (Lipinski definition) is 1. The lowest BCUT2D eigenvalue weighted by Crippen LogP contribution is -2.33. The van der Waals surface area contributed by atoms with Gasteiger partial charge >= 0.3 is 0 Å². The van der Waals surface area contributed by atoms with Gasteiger partial charge in [-0.3, -0.25) is 10.1 Å². The van der Waals surface area contributed by atoms with E-state index in [1.54, 1.807) is 12.1 Å². The van der Waals surface area contributed by atoms with Crippen molar-refractivity contribution in [3.63, 3.8) is 0 Å². The molecule has 0 aromatic heterocycles. The van der Waals surface area contributed by atoms with Gasteiger partial charge in [0.2, 0.25) is 0 Å². The van der Waals surface area contributed by atoms with Crippen LogP contribution in [0.25, 0.3) is 0 Å². The third-order valence-electron chi connectivity index (χ3n) is 3.59. The predicted molar refractivity (Wildman–Crippen MR) is 79.9 cm³/mol. The van der Waals surface area contributed by atoms with Crippen LogP contribution in [0.2, 0.25) is 5.02 Å². The largest absolute Gasteiger partial charge is 0.309 e. The van der Waals surface area contributed by atoms with Crippen LogP contribution in [-0.4, -0.2) is 22.5 Å². The number of hydrogen-bond acceptors (Lipinski definition) is 4. The Bertz CT molecular complexity index is 470. The molecule has 2 atom stereocenters. The van der Waals surface area contributed by atoms with Gasteiger partial charge in [-0.1, -0.05) is 24.1 Å². The lowest BCUT2D eigenvalue weighted by Gasteiger charge is -2.19. The Morgan fingerprint density at radius 3 is 3.00 bits per heavy atom. The molecule has 1 aromatic carbocycles. The molecule has 1 N–H and O–H groups in total. The zero-order valence-electron chi connectivity index (χ0n) is 10.8. The van der Waals surface area contributed by atoms with Gasteiger partial charge in [0, 0.05) is 23.9 Å². The van der Waals surface area contributed by atoms with Crippen LogP contribution in [-0.2, 0) is 6.54 Å². The molecule has 2 rings (SSSR count). The average molecular weight is 301 g/mol. The zero-order chi connectivity index (χ0) is 13.8. The maximum atomic E-state index is 11.0. The summed E-state index contributed by atoms with van der Waals surface area (Å²) >= 11 is 7.94. The van der Waals surface area contributed by atoms with Gasteiger partial charge in [0.15, 0.2) is 0 Å². The van der Waals surface area contributed by atoms with Crippen LogP contribution in [0.4, 0.5) is 5.69 Å². The van der Waals surface area contributed by atoms with Crippen LogP contribution < -0.4 is 5.32 Å². The van der Waals surface area contributed by atoms with Gasteiger partial charge in [-0.05, 0) is 25.2 Å². The Balaban J connectivity index is 2.09. The van der Waals surface area contributed by atoms with Gasteiger partial charge < -0.3 is 5.32 Å². The molecular formula is C13H17ClN2O2S. The summed E-state index contributed by atoms with van der Waals surface area (Å²) in [7, 11) is 0.